The number of nitrogens with zero attached hydrogens (tertiary/aromatic N) is 1. The number of anilines is 1. The van der Waals surface area contributed by atoms with Gasteiger partial charge in [-0.15, -0.1) is 0 Å². The average Bonchev–Trinajstić information content (AvgIpc) is 2.36. The van der Waals surface area contributed by atoms with Gasteiger partial charge in [-0.25, -0.2) is 0 Å². The van der Waals surface area contributed by atoms with E-state index >= 15 is 0 Å². The van der Waals surface area contributed by atoms with Crippen LogP contribution in [0.4, 0.5) is 5.69 Å². The van der Waals surface area contributed by atoms with E-state index in [2.05, 4.69) is 25.2 Å². The van der Waals surface area contributed by atoms with Crippen molar-refractivity contribution in [1.82, 2.24) is 0 Å². The molecule has 0 aliphatic carbocycles. The third-order valence-corrected chi connectivity index (χ3v) is 2.85. The van der Waals surface area contributed by atoms with Gasteiger partial charge in [0, 0.05) is 18.7 Å². The molecule has 0 radical (unpaired) electrons. The molecule has 0 aliphatic heterocycles. The molecule has 0 heterocycles. The first-order valence-electron chi connectivity index (χ1n) is 6.41. The highest BCUT2D eigenvalue weighted by Gasteiger charge is 2.16. The summed E-state index contributed by atoms with van der Waals surface area (Å²) in [6, 6.07) is 10.2. The summed E-state index contributed by atoms with van der Waals surface area (Å²) in [5, 5.41) is 12.0. The molecule has 0 unspecified atom stereocenters. The lowest BCUT2D eigenvalue weighted by Crippen LogP contribution is -2.22. The summed E-state index contributed by atoms with van der Waals surface area (Å²) < 4.78 is 5.40. The Morgan fingerprint density at radius 1 is 1.28 bits per heavy atom. The molecule has 0 bridgehead atoms. The van der Waals surface area contributed by atoms with Crippen molar-refractivity contribution in [2.24, 2.45) is 5.41 Å². The average molecular weight is 246 g/mol. The Balaban J connectivity index is 2.45. The summed E-state index contributed by atoms with van der Waals surface area (Å²) in [5.41, 5.74) is 1.22. The van der Waals surface area contributed by atoms with Gasteiger partial charge in [0.05, 0.1) is 12.7 Å². The van der Waals surface area contributed by atoms with Crippen molar-refractivity contribution in [2.75, 3.05) is 18.5 Å². The van der Waals surface area contributed by atoms with E-state index in [0.717, 1.165) is 24.4 Å². The minimum Gasteiger partial charge on any atom is -0.494 e. The Kier molecular flexibility index (Phi) is 5.51. The van der Waals surface area contributed by atoms with Crippen molar-refractivity contribution in [3.05, 3.63) is 24.3 Å². The molecule has 0 aliphatic rings. The van der Waals surface area contributed by atoms with Gasteiger partial charge in [0.2, 0.25) is 0 Å². The summed E-state index contributed by atoms with van der Waals surface area (Å²) in [5.74, 6) is 0.895. The van der Waals surface area contributed by atoms with Crippen molar-refractivity contribution < 1.29 is 4.74 Å². The smallest absolute Gasteiger partial charge is 0.119 e. The van der Waals surface area contributed by atoms with Crippen LogP contribution in [-0.4, -0.2) is 13.2 Å². The molecule has 98 valence electrons. The minimum atomic E-state index is 0.133. The van der Waals surface area contributed by atoms with Crippen LogP contribution in [0.5, 0.6) is 5.75 Å². The van der Waals surface area contributed by atoms with E-state index in [1.54, 1.807) is 0 Å². The lowest BCUT2D eigenvalue weighted by molar-refractivity contribution is 0.340. The van der Waals surface area contributed by atoms with Crippen LogP contribution >= 0.6 is 0 Å². The Bertz CT molecular complexity index is 390. The van der Waals surface area contributed by atoms with E-state index in [9.17, 15) is 0 Å². The van der Waals surface area contributed by atoms with E-state index in [1.165, 1.54) is 0 Å². The fraction of sp³-hybridized carbons (Fsp3) is 0.533. The maximum absolute atomic E-state index is 8.61. The second-order valence-electron chi connectivity index (χ2n) is 5.13. The van der Waals surface area contributed by atoms with E-state index < -0.39 is 0 Å². The molecule has 0 fully saturated rings. The number of nitriles is 1. The van der Waals surface area contributed by atoms with Crippen molar-refractivity contribution in [3.8, 4) is 11.8 Å². The van der Waals surface area contributed by atoms with E-state index in [1.807, 2.05) is 31.2 Å². The van der Waals surface area contributed by atoms with Gasteiger partial charge in [0.15, 0.2) is 0 Å². The summed E-state index contributed by atoms with van der Waals surface area (Å²) in [6.45, 7) is 7.87. The lowest BCUT2D eigenvalue weighted by atomic mass is 9.88. The first-order chi connectivity index (χ1) is 8.57. The molecule has 0 atom stereocenters. The lowest BCUT2D eigenvalue weighted by Gasteiger charge is -2.24. The number of hydrogen-bond donors (Lipinski definition) is 1. The molecule has 0 saturated heterocycles. The van der Waals surface area contributed by atoms with Gasteiger partial charge >= 0.3 is 0 Å². The van der Waals surface area contributed by atoms with E-state index in [0.29, 0.717) is 13.0 Å². The Morgan fingerprint density at radius 2 is 1.94 bits per heavy atom. The summed E-state index contributed by atoms with van der Waals surface area (Å²) in [7, 11) is 0. The predicted molar refractivity (Wildman–Crippen MR) is 74.7 cm³/mol. The molecule has 0 saturated carbocycles. The van der Waals surface area contributed by atoms with Gasteiger partial charge in [-0.3, -0.25) is 0 Å². The number of benzene rings is 1. The number of rotatable bonds is 7. The van der Waals surface area contributed by atoms with Gasteiger partial charge < -0.3 is 10.1 Å². The molecule has 1 aromatic carbocycles. The summed E-state index contributed by atoms with van der Waals surface area (Å²) in [4.78, 5) is 0. The zero-order valence-corrected chi connectivity index (χ0v) is 11.5. The van der Waals surface area contributed by atoms with Crippen molar-refractivity contribution >= 4 is 5.69 Å². The molecular weight excluding hydrogens is 224 g/mol. The first kappa shape index (κ1) is 14.4. The maximum Gasteiger partial charge on any atom is 0.119 e. The molecule has 1 N–H and O–H groups in total. The normalized spacial score (nSPS) is 10.8. The molecule has 0 amide bonds. The second-order valence-corrected chi connectivity index (χ2v) is 5.13. The fourth-order valence-corrected chi connectivity index (χ4v) is 1.66. The monoisotopic (exact) mass is 246 g/mol. The summed E-state index contributed by atoms with van der Waals surface area (Å²) in [6.07, 6.45) is 1.52. The van der Waals surface area contributed by atoms with Crippen molar-refractivity contribution in [1.29, 1.82) is 5.26 Å². The van der Waals surface area contributed by atoms with Crippen LogP contribution in [0.25, 0.3) is 0 Å². The molecule has 1 aromatic rings. The topological polar surface area (TPSA) is 45.0 Å². The van der Waals surface area contributed by atoms with Gasteiger partial charge in [0.25, 0.3) is 0 Å². The molecular formula is C15H22N2O. The van der Waals surface area contributed by atoms with Gasteiger partial charge in [-0.05, 0) is 43.0 Å². The first-order valence-corrected chi connectivity index (χ1v) is 6.41. The van der Waals surface area contributed by atoms with Crippen LogP contribution in [0.2, 0.25) is 0 Å². The zero-order valence-electron chi connectivity index (χ0n) is 11.5. The quantitative estimate of drug-likeness (QED) is 0.795. The van der Waals surface area contributed by atoms with Crippen LogP contribution in [0.15, 0.2) is 24.3 Å². The highest BCUT2D eigenvalue weighted by atomic mass is 16.5. The van der Waals surface area contributed by atoms with Crippen LogP contribution in [0.1, 0.15) is 33.6 Å². The van der Waals surface area contributed by atoms with Crippen LogP contribution in [0, 0.1) is 16.7 Å². The largest absolute Gasteiger partial charge is 0.494 e. The molecule has 3 nitrogen and oxygen atoms in total. The van der Waals surface area contributed by atoms with Gasteiger partial charge in [-0.1, -0.05) is 13.8 Å². The molecule has 1 rings (SSSR count). The second kappa shape index (κ2) is 6.90. The molecule has 3 heteroatoms. The molecule has 0 aromatic heterocycles. The van der Waals surface area contributed by atoms with Crippen LogP contribution in [-0.2, 0) is 0 Å². The third kappa shape index (κ3) is 5.09. The fourth-order valence-electron chi connectivity index (χ4n) is 1.66. The molecule has 18 heavy (non-hydrogen) atoms. The Morgan fingerprint density at radius 3 is 2.50 bits per heavy atom. The maximum atomic E-state index is 8.61. The van der Waals surface area contributed by atoms with Gasteiger partial charge in [-0.2, -0.15) is 5.26 Å². The van der Waals surface area contributed by atoms with Crippen LogP contribution in [0.3, 0.4) is 0 Å². The minimum absolute atomic E-state index is 0.133. The number of ether oxygens (including phenoxy) is 1. The Labute approximate surface area is 110 Å². The highest BCUT2D eigenvalue weighted by Crippen LogP contribution is 2.23. The van der Waals surface area contributed by atoms with Gasteiger partial charge in [0.1, 0.15) is 5.75 Å². The van der Waals surface area contributed by atoms with E-state index in [4.69, 9.17) is 10.00 Å². The number of nitrogens with one attached hydrogen (secondary N) is 1. The summed E-state index contributed by atoms with van der Waals surface area (Å²) >= 11 is 0. The zero-order chi connectivity index (χ0) is 13.4. The standard InChI is InChI=1S/C15H22N2O/c1-4-18-14-8-6-13(7-9-14)17-12-15(2,3)10-5-11-16/h6-9,17H,4-5,10,12H2,1-3H3. The van der Waals surface area contributed by atoms with Crippen molar-refractivity contribution in [2.45, 2.75) is 33.6 Å². The SMILES string of the molecule is CCOc1ccc(NCC(C)(C)CCC#N)cc1. The van der Waals surface area contributed by atoms with E-state index in [-0.39, 0.29) is 5.41 Å². The number of hydrogen-bond acceptors (Lipinski definition) is 3. The predicted octanol–water partition coefficient (Wildman–Crippen LogP) is 3.83. The third-order valence-electron chi connectivity index (χ3n) is 2.85. The highest BCUT2D eigenvalue weighted by molar-refractivity contribution is 5.46. The van der Waals surface area contributed by atoms with Crippen LogP contribution < -0.4 is 10.1 Å². The van der Waals surface area contributed by atoms with Crippen molar-refractivity contribution in [3.63, 3.8) is 0 Å². The molecule has 0 spiro atoms. The Hall–Kier alpha value is -1.69.